The highest BCUT2D eigenvalue weighted by Gasteiger charge is 2.14. The van der Waals surface area contributed by atoms with Crippen molar-refractivity contribution in [2.75, 3.05) is 13.6 Å². The van der Waals surface area contributed by atoms with E-state index in [-0.39, 0.29) is 11.5 Å². The Bertz CT molecular complexity index is 328. The summed E-state index contributed by atoms with van der Waals surface area (Å²) in [6.07, 6.45) is 0.195. The van der Waals surface area contributed by atoms with Gasteiger partial charge in [0.15, 0.2) is 0 Å². The van der Waals surface area contributed by atoms with Crippen LogP contribution in [0.4, 0.5) is 0 Å². The van der Waals surface area contributed by atoms with Gasteiger partial charge in [0.05, 0.1) is 0 Å². The molecule has 0 heterocycles. The molecule has 0 fully saturated rings. The molecule has 0 unspecified atom stereocenters. The van der Waals surface area contributed by atoms with Gasteiger partial charge in [-0.2, -0.15) is 0 Å². The highest BCUT2D eigenvalue weighted by molar-refractivity contribution is 5.32. The maximum absolute atomic E-state index is 5.83. The Hall–Kier alpha value is -1.02. The molecule has 0 radical (unpaired) electrons. The third kappa shape index (κ3) is 3.86. The molecule has 0 amide bonds. The summed E-state index contributed by atoms with van der Waals surface area (Å²) in [5, 5.41) is 3.11. The van der Waals surface area contributed by atoms with E-state index >= 15 is 0 Å². The van der Waals surface area contributed by atoms with E-state index in [1.54, 1.807) is 0 Å². The molecule has 0 saturated carbocycles. The van der Waals surface area contributed by atoms with Crippen molar-refractivity contribution in [1.29, 1.82) is 0 Å². The second kappa shape index (κ2) is 5.35. The average molecular weight is 221 g/mol. The van der Waals surface area contributed by atoms with Gasteiger partial charge in [-0.3, -0.25) is 0 Å². The zero-order chi connectivity index (χ0) is 12.2. The van der Waals surface area contributed by atoms with E-state index in [4.69, 9.17) is 4.74 Å². The summed E-state index contributed by atoms with van der Waals surface area (Å²) in [6.45, 7) is 9.56. The molecule has 1 N–H and O–H groups in total. The fraction of sp³-hybridized carbons (Fsp3) is 0.571. The molecule has 0 aliphatic carbocycles. The van der Waals surface area contributed by atoms with Gasteiger partial charge in [0.2, 0.25) is 0 Å². The largest absolute Gasteiger partial charge is 0.489 e. The van der Waals surface area contributed by atoms with Crippen LogP contribution in [-0.4, -0.2) is 19.7 Å². The normalized spacial score (nSPS) is 13.6. The Balaban J connectivity index is 2.75. The summed E-state index contributed by atoms with van der Waals surface area (Å²) in [5.74, 6) is 0.954. The predicted octanol–water partition coefficient (Wildman–Crippen LogP) is 2.97. The first kappa shape index (κ1) is 13.0. The third-order valence-electron chi connectivity index (χ3n) is 2.53. The molecular weight excluding hydrogens is 198 g/mol. The van der Waals surface area contributed by atoms with Crippen LogP contribution in [0.5, 0.6) is 5.75 Å². The lowest BCUT2D eigenvalue weighted by Gasteiger charge is -2.21. The van der Waals surface area contributed by atoms with Gasteiger partial charge in [0.1, 0.15) is 11.9 Å². The van der Waals surface area contributed by atoms with E-state index in [2.05, 4.69) is 51.2 Å². The Morgan fingerprint density at radius 2 is 2.00 bits per heavy atom. The van der Waals surface area contributed by atoms with Crippen LogP contribution in [0.15, 0.2) is 24.3 Å². The lowest BCUT2D eigenvalue weighted by Crippen LogP contribution is -2.26. The number of hydrogen-bond acceptors (Lipinski definition) is 2. The number of benzene rings is 1. The van der Waals surface area contributed by atoms with Crippen molar-refractivity contribution in [3.05, 3.63) is 29.8 Å². The van der Waals surface area contributed by atoms with Crippen LogP contribution in [-0.2, 0) is 5.41 Å². The van der Waals surface area contributed by atoms with E-state index in [0.29, 0.717) is 0 Å². The summed E-state index contributed by atoms with van der Waals surface area (Å²) >= 11 is 0. The summed E-state index contributed by atoms with van der Waals surface area (Å²) in [7, 11) is 1.94. The van der Waals surface area contributed by atoms with E-state index in [9.17, 15) is 0 Å². The number of nitrogens with one attached hydrogen (secondary N) is 1. The summed E-state index contributed by atoms with van der Waals surface area (Å²) < 4.78 is 5.83. The molecule has 16 heavy (non-hydrogen) atoms. The highest BCUT2D eigenvalue weighted by atomic mass is 16.5. The third-order valence-corrected chi connectivity index (χ3v) is 2.53. The Kier molecular flexibility index (Phi) is 4.36. The zero-order valence-electron chi connectivity index (χ0n) is 11.0. The van der Waals surface area contributed by atoms with Crippen LogP contribution in [0.25, 0.3) is 0 Å². The van der Waals surface area contributed by atoms with Crippen LogP contribution >= 0.6 is 0 Å². The van der Waals surface area contributed by atoms with Crippen LogP contribution in [0.1, 0.15) is 33.3 Å². The highest BCUT2D eigenvalue weighted by Crippen LogP contribution is 2.25. The van der Waals surface area contributed by atoms with E-state index in [1.165, 1.54) is 5.56 Å². The minimum atomic E-state index is 0.172. The SMILES string of the molecule is CNC[C@@H](C)Oc1cccc(C(C)(C)C)c1. The van der Waals surface area contributed by atoms with Gasteiger partial charge < -0.3 is 10.1 Å². The molecule has 0 aromatic heterocycles. The summed E-state index contributed by atoms with van der Waals surface area (Å²) in [4.78, 5) is 0. The molecule has 1 rings (SSSR count). The monoisotopic (exact) mass is 221 g/mol. The summed E-state index contributed by atoms with van der Waals surface area (Å²) in [5.41, 5.74) is 1.48. The molecule has 0 aliphatic heterocycles. The van der Waals surface area contributed by atoms with Crippen molar-refractivity contribution in [2.24, 2.45) is 0 Å². The van der Waals surface area contributed by atoms with Gasteiger partial charge in [-0.1, -0.05) is 32.9 Å². The fourth-order valence-corrected chi connectivity index (χ4v) is 1.60. The molecule has 1 aromatic carbocycles. The van der Waals surface area contributed by atoms with Gasteiger partial charge in [-0.05, 0) is 37.1 Å². The van der Waals surface area contributed by atoms with Gasteiger partial charge in [0, 0.05) is 6.54 Å². The molecule has 0 aliphatic rings. The molecule has 90 valence electrons. The van der Waals surface area contributed by atoms with Crippen LogP contribution in [0.2, 0.25) is 0 Å². The van der Waals surface area contributed by atoms with E-state index in [0.717, 1.165) is 12.3 Å². The minimum Gasteiger partial charge on any atom is -0.489 e. The lowest BCUT2D eigenvalue weighted by molar-refractivity contribution is 0.220. The standard InChI is InChI=1S/C14H23NO/c1-11(10-15-5)16-13-8-6-7-12(9-13)14(2,3)4/h6-9,11,15H,10H2,1-5H3/t11-/m1/s1. The van der Waals surface area contributed by atoms with Crippen molar-refractivity contribution in [2.45, 2.75) is 39.2 Å². The van der Waals surface area contributed by atoms with Crippen molar-refractivity contribution >= 4 is 0 Å². The van der Waals surface area contributed by atoms with Gasteiger partial charge in [-0.15, -0.1) is 0 Å². The average Bonchev–Trinajstić information content (AvgIpc) is 2.17. The maximum Gasteiger partial charge on any atom is 0.120 e. The van der Waals surface area contributed by atoms with Crippen molar-refractivity contribution in [3.63, 3.8) is 0 Å². The molecule has 0 spiro atoms. The molecule has 1 atom stereocenters. The van der Waals surface area contributed by atoms with Crippen LogP contribution in [0, 0.1) is 0 Å². The van der Waals surface area contributed by atoms with Crippen LogP contribution in [0.3, 0.4) is 0 Å². The van der Waals surface area contributed by atoms with E-state index in [1.807, 2.05) is 13.1 Å². The minimum absolute atomic E-state index is 0.172. The Morgan fingerprint density at radius 3 is 2.56 bits per heavy atom. The fourth-order valence-electron chi connectivity index (χ4n) is 1.60. The molecule has 0 saturated heterocycles. The summed E-state index contributed by atoms with van der Waals surface area (Å²) in [6, 6.07) is 8.35. The Labute approximate surface area is 99.0 Å². The van der Waals surface area contributed by atoms with Crippen LogP contribution < -0.4 is 10.1 Å². The van der Waals surface area contributed by atoms with Gasteiger partial charge in [-0.25, -0.2) is 0 Å². The van der Waals surface area contributed by atoms with Crippen molar-refractivity contribution in [1.82, 2.24) is 5.32 Å². The molecule has 2 heteroatoms. The van der Waals surface area contributed by atoms with Gasteiger partial charge in [0.25, 0.3) is 0 Å². The molecule has 2 nitrogen and oxygen atoms in total. The second-order valence-electron chi connectivity index (χ2n) is 5.26. The first-order valence-corrected chi connectivity index (χ1v) is 5.85. The zero-order valence-corrected chi connectivity index (χ0v) is 11.0. The predicted molar refractivity (Wildman–Crippen MR) is 69.2 cm³/mol. The number of rotatable bonds is 4. The first-order chi connectivity index (χ1) is 7.43. The lowest BCUT2D eigenvalue weighted by atomic mass is 9.87. The van der Waals surface area contributed by atoms with Gasteiger partial charge >= 0.3 is 0 Å². The van der Waals surface area contributed by atoms with E-state index < -0.39 is 0 Å². The molecule has 1 aromatic rings. The number of hydrogen-bond donors (Lipinski definition) is 1. The first-order valence-electron chi connectivity index (χ1n) is 5.85. The van der Waals surface area contributed by atoms with Crippen molar-refractivity contribution < 1.29 is 4.74 Å². The van der Waals surface area contributed by atoms with Crippen molar-refractivity contribution in [3.8, 4) is 5.75 Å². The second-order valence-corrected chi connectivity index (χ2v) is 5.26. The quantitative estimate of drug-likeness (QED) is 0.844. The number of ether oxygens (including phenoxy) is 1. The Morgan fingerprint density at radius 1 is 1.31 bits per heavy atom. The topological polar surface area (TPSA) is 21.3 Å². The number of likely N-dealkylation sites (N-methyl/N-ethyl adjacent to an activating group) is 1. The molecule has 0 bridgehead atoms. The smallest absolute Gasteiger partial charge is 0.120 e. The molecular formula is C14H23NO. The maximum atomic E-state index is 5.83.